The van der Waals surface area contributed by atoms with Gasteiger partial charge in [0.05, 0.1) is 17.0 Å². The molecule has 2 rings (SSSR count). The van der Waals surface area contributed by atoms with Crippen LogP contribution in [0.15, 0.2) is 24.3 Å². The second kappa shape index (κ2) is 2.29. The first-order valence-corrected chi connectivity index (χ1v) is 3.88. The molecule has 0 N–H and O–H groups in total. The average Bonchev–Trinajstić information content (AvgIpc) is 2.47. The van der Waals surface area contributed by atoms with Gasteiger partial charge in [0, 0.05) is 0 Å². The fourth-order valence-electron chi connectivity index (χ4n) is 0.948. The number of hydrogen-bond donors (Lipinski definition) is 0. The van der Waals surface area contributed by atoms with E-state index < -0.39 is 0 Å². The summed E-state index contributed by atoms with van der Waals surface area (Å²) in [5, 5.41) is 9.99. The van der Waals surface area contributed by atoms with Gasteiger partial charge < -0.3 is 0 Å². The zero-order valence-corrected chi connectivity index (χ0v) is 6.38. The molecule has 52 valence electrons. The molecule has 0 radical (unpaired) electrons. The van der Waals surface area contributed by atoms with Gasteiger partial charge in [-0.2, -0.15) is 4.37 Å². The highest BCUT2D eigenvalue weighted by Crippen LogP contribution is 2.29. The maximum Gasteiger partial charge on any atom is 0.467 e. The molecule has 11 heavy (non-hydrogen) atoms. The van der Waals surface area contributed by atoms with Gasteiger partial charge in [-0.05, 0) is 12.1 Å². The molecule has 3 nitrogen and oxygen atoms in total. The predicted molar refractivity (Wildman–Crippen MR) is 44.4 cm³/mol. The Morgan fingerprint density at radius 2 is 2.18 bits per heavy atom. The number of fused-ring (bicyclic) bond motifs is 1. The summed E-state index contributed by atoms with van der Waals surface area (Å²) < 4.78 is 4.08. The molecule has 1 heterocycles. The summed E-state index contributed by atoms with van der Waals surface area (Å²) in [5.74, 6) is 0. The van der Waals surface area contributed by atoms with Crippen molar-refractivity contribution in [3.8, 4) is 0 Å². The zero-order valence-electron chi connectivity index (χ0n) is 5.56. The highest BCUT2D eigenvalue weighted by atomic mass is 32.1. The van der Waals surface area contributed by atoms with E-state index in [1.807, 2.05) is 24.3 Å². The minimum atomic E-state index is 0.570. The number of nitrogens with zero attached hydrogens (tertiary/aromatic N) is 3. The average molecular weight is 162 g/mol. The minimum Gasteiger partial charge on any atom is -0.185 e. The summed E-state index contributed by atoms with van der Waals surface area (Å²) in [6.45, 7) is 0. The van der Waals surface area contributed by atoms with Crippen LogP contribution in [0.1, 0.15) is 0 Å². The Morgan fingerprint density at radius 3 is 3.00 bits per heavy atom. The van der Waals surface area contributed by atoms with Gasteiger partial charge in [0.15, 0.2) is 4.98 Å². The maximum absolute atomic E-state index is 8.52. The van der Waals surface area contributed by atoms with Crippen LogP contribution in [0.2, 0.25) is 0 Å². The van der Waals surface area contributed by atoms with Gasteiger partial charge >= 0.3 is 5.00 Å². The minimum absolute atomic E-state index is 0.570. The molecule has 0 aliphatic carbocycles. The van der Waals surface area contributed by atoms with Gasteiger partial charge in [0.2, 0.25) is 5.39 Å². The Balaban J connectivity index is 2.89. The van der Waals surface area contributed by atoms with Crippen molar-refractivity contribution in [1.82, 2.24) is 4.37 Å². The number of hydrogen-bond acceptors (Lipinski definition) is 3. The Bertz CT molecular complexity index is 426. The summed E-state index contributed by atoms with van der Waals surface area (Å²) in [6, 6.07) is 7.57. The van der Waals surface area contributed by atoms with E-state index in [4.69, 9.17) is 5.39 Å². The van der Waals surface area contributed by atoms with Crippen LogP contribution in [0, 0.1) is 5.39 Å². The quantitative estimate of drug-likeness (QED) is 0.559. The molecule has 4 heteroatoms. The Morgan fingerprint density at radius 1 is 1.36 bits per heavy atom. The van der Waals surface area contributed by atoms with E-state index in [9.17, 15) is 0 Å². The number of benzene rings is 1. The molecule has 1 aromatic carbocycles. The summed E-state index contributed by atoms with van der Waals surface area (Å²) in [4.78, 5) is 3.11. The summed E-state index contributed by atoms with van der Waals surface area (Å²) in [6.07, 6.45) is 0. The van der Waals surface area contributed by atoms with Crippen LogP contribution in [0.4, 0.5) is 5.00 Å². The predicted octanol–water partition coefficient (Wildman–Crippen LogP) is 2.78. The molecule has 0 bridgehead atoms. The van der Waals surface area contributed by atoms with Crippen molar-refractivity contribution < 1.29 is 0 Å². The van der Waals surface area contributed by atoms with Gasteiger partial charge in [-0.3, -0.25) is 0 Å². The SMILES string of the molecule is N#[N+]c1snc2ccccc12. The number of rotatable bonds is 0. The molecule has 0 aliphatic rings. The second-order valence-electron chi connectivity index (χ2n) is 2.10. The lowest BCUT2D eigenvalue weighted by Crippen LogP contribution is -1.62. The van der Waals surface area contributed by atoms with Crippen molar-refractivity contribution in [2.24, 2.45) is 0 Å². The van der Waals surface area contributed by atoms with Crippen molar-refractivity contribution in [2.45, 2.75) is 0 Å². The topological polar surface area (TPSA) is 41.0 Å². The first-order chi connectivity index (χ1) is 5.42. The van der Waals surface area contributed by atoms with Crippen molar-refractivity contribution >= 4 is 27.4 Å². The highest BCUT2D eigenvalue weighted by Gasteiger charge is 2.14. The van der Waals surface area contributed by atoms with Gasteiger partial charge in [-0.25, -0.2) is 0 Å². The molecule has 2 aromatic rings. The van der Waals surface area contributed by atoms with Gasteiger partial charge in [0.25, 0.3) is 0 Å². The van der Waals surface area contributed by atoms with Crippen LogP contribution in [-0.4, -0.2) is 4.37 Å². The van der Waals surface area contributed by atoms with Crippen LogP contribution in [0.25, 0.3) is 15.9 Å². The third kappa shape index (κ3) is 0.863. The van der Waals surface area contributed by atoms with Crippen molar-refractivity contribution in [3.63, 3.8) is 0 Å². The van der Waals surface area contributed by atoms with E-state index in [0.717, 1.165) is 10.9 Å². The maximum atomic E-state index is 8.52. The summed E-state index contributed by atoms with van der Waals surface area (Å²) >= 11 is 1.20. The lowest BCUT2D eigenvalue weighted by atomic mass is 10.2. The van der Waals surface area contributed by atoms with Crippen LogP contribution in [-0.2, 0) is 0 Å². The van der Waals surface area contributed by atoms with E-state index in [2.05, 4.69) is 9.35 Å². The Hall–Kier alpha value is -1.47. The molecular formula is C7H4N3S+. The highest BCUT2D eigenvalue weighted by molar-refractivity contribution is 7.11. The molecule has 0 spiro atoms. The second-order valence-corrected chi connectivity index (χ2v) is 2.86. The molecule has 1 aromatic heterocycles. The molecule has 0 aliphatic heterocycles. The van der Waals surface area contributed by atoms with Crippen LogP contribution in [0.5, 0.6) is 0 Å². The standard InChI is InChI=1S/C7H4N3S/c8-9-7-5-3-1-2-4-6(5)10-11-7/h1-4H/q+1. The summed E-state index contributed by atoms with van der Waals surface area (Å²) in [5.41, 5.74) is 0.880. The molecule has 0 atom stereocenters. The zero-order chi connectivity index (χ0) is 7.68. The van der Waals surface area contributed by atoms with E-state index in [1.54, 1.807) is 0 Å². The smallest absolute Gasteiger partial charge is 0.185 e. The van der Waals surface area contributed by atoms with Crippen molar-refractivity contribution in [2.75, 3.05) is 0 Å². The molecule has 0 saturated carbocycles. The van der Waals surface area contributed by atoms with Gasteiger partial charge in [-0.1, -0.05) is 12.1 Å². The molecular weight excluding hydrogens is 158 g/mol. The van der Waals surface area contributed by atoms with Crippen LogP contribution < -0.4 is 0 Å². The molecule has 0 amide bonds. The Labute approximate surface area is 67.1 Å². The van der Waals surface area contributed by atoms with Gasteiger partial charge in [0.1, 0.15) is 5.39 Å². The number of diazo groups is 1. The Kier molecular flexibility index (Phi) is 1.30. The first-order valence-electron chi connectivity index (χ1n) is 3.11. The van der Waals surface area contributed by atoms with Crippen molar-refractivity contribution in [1.29, 1.82) is 5.39 Å². The molecule has 0 fully saturated rings. The largest absolute Gasteiger partial charge is 0.467 e. The lowest BCUT2D eigenvalue weighted by Gasteiger charge is -1.78. The molecule has 0 saturated heterocycles. The van der Waals surface area contributed by atoms with Crippen molar-refractivity contribution in [3.05, 3.63) is 29.2 Å². The normalized spacial score (nSPS) is 9.73. The van der Waals surface area contributed by atoms with Gasteiger partial charge in [-0.15, -0.1) is 0 Å². The van der Waals surface area contributed by atoms with E-state index >= 15 is 0 Å². The van der Waals surface area contributed by atoms with E-state index in [-0.39, 0.29) is 0 Å². The monoisotopic (exact) mass is 162 g/mol. The third-order valence-electron chi connectivity index (χ3n) is 1.46. The van der Waals surface area contributed by atoms with E-state index in [0.29, 0.717) is 5.00 Å². The fraction of sp³-hybridized carbons (Fsp3) is 0. The fourth-order valence-corrected chi connectivity index (χ4v) is 1.60. The molecule has 0 unspecified atom stereocenters. The first kappa shape index (κ1) is 6.25. The third-order valence-corrected chi connectivity index (χ3v) is 2.22. The summed E-state index contributed by atoms with van der Waals surface area (Å²) in [7, 11) is 0. The van der Waals surface area contributed by atoms with E-state index in [1.165, 1.54) is 11.5 Å². The van der Waals surface area contributed by atoms with Crippen LogP contribution in [0.3, 0.4) is 0 Å². The van der Waals surface area contributed by atoms with Crippen LogP contribution >= 0.6 is 11.5 Å². The number of aromatic nitrogens is 1. The lowest BCUT2D eigenvalue weighted by molar-refractivity contribution is 1.49.